The van der Waals surface area contributed by atoms with Crippen LogP contribution in [-0.4, -0.2) is 11.3 Å². The summed E-state index contributed by atoms with van der Waals surface area (Å²) in [6, 6.07) is 5.30. The number of aliphatic imine (C=N–C) groups is 1. The van der Waals surface area contributed by atoms with E-state index < -0.39 is 0 Å². The summed E-state index contributed by atoms with van der Waals surface area (Å²) in [5, 5.41) is 9.37. The molecule has 1 aromatic carbocycles. The molecular formula is C10H11NO. The van der Waals surface area contributed by atoms with E-state index in [9.17, 15) is 5.11 Å². The third-order valence-corrected chi connectivity index (χ3v) is 1.53. The Morgan fingerprint density at radius 3 is 2.83 bits per heavy atom. The Morgan fingerprint density at radius 2 is 2.25 bits per heavy atom. The van der Waals surface area contributed by atoms with Crippen LogP contribution in [0.1, 0.15) is 5.56 Å². The third kappa shape index (κ3) is 1.72. The number of nitrogens with zero attached hydrogens (tertiary/aromatic N) is 1. The molecule has 0 spiro atoms. The lowest BCUT2D eigenvalue weighted by Crippen LogP contribution is -1.75. The molecule has 0 aliphatic rings. The second-order valence-corrected chi connectivity index (χ2v) is 2.46. The van der Waals surface area contributed by atoms with Crippen LogP contribution < -0.4 is 0 Å². The maximum absolute atomic E-state index is 9.37. The highest BCUT2D eigenvalue weighted by molar-refractivity contribution is 5.76. The number of phenols is 1. The quantitative estimate of drug-likeness (QED) is 0.664. The van der Waals surface area contributed by atoms with Crippen LogP contribution in [0, 0.1) is 6.92 Å². The van der Waals surface area contributed by atoms with Crippen molar-refractivity contribution in [1.29, 1.82) is 0 Å². The summed E-state index contributed by atoms with van der Waals surface area (Å²) in [5.74, 6) is 0.202. The number of rotatable bonds is 2. The molecule has 0 saturated carbocycles. The molecule has 0 aromatic heterocycles. The van der Waals surface area contributed by atoms with Gasteiger partial charge >= 0.3 is 0 Å². The van der Waals surface area contributed by atoms with Gasteiger partial charge in [-0.05, 0) is 18.6 Å². The van der Waals surface area contributed by atoms with Gasteiger partial charge in [0.2, 0.25) is 0 Å². The first-order valence-electron chi connectivity index (χ1n) is 3.69. The molecule has 1 rings (SSSR count). The van der Waals surface area contributed by atoms with E-state index in [4.69, 9.17) is 0 Å². The van der Waals surface area contributed by atoms with Crippen molar-refractivity contribution in [1.82, 2.24) is 0 Å². The zero-order chi connectivity index (χ0) is 8.97. The fourth-order valence-corrected chi connectivity index (χ4v) is 0.939. The van der Waals surface area contributed by atoms with Crippen molar-refractivity contribution in [2.75, 3.05) is 0 Å². The zero-order valence-electron chi connectivity index (χ0n) is 6.99. The van der Waals surface area contributed by atoms with Crippen LogP contribution in [0.25, 0.3) is 0 Å². The van der Waals surface area contributed by atoms with Crippen LogP contribution in [0.3, 0.4) is 0 Å². The highest BCUT2D eigenvalue weighted by atomic mass is 16.3. The maximum Gasteiger partial charge on any atom is 0.141 e. The van der Waals surface area contributed by atoms with Crippen molar-refractivity contribution in [2.45, 2.75) is 6.92 Å². The molecule has 0 fully saturated rings. The molecule has 62 valence electrons. The largest absolute Gasteiger partial charge is 0.506 e. The third-order valence-electron chi connectivity index (χ3n) is 1.53. The number of benzene rings is 1. The molecule has 0 aliphatic heterocycles. The van der Waals surface area contributed by atoms with Crippen LogP contribution in [0.5, 0.6) is 5.75 Å². The molecule has 0 saturated heterocycles. The molecule has 0 heterocycles. The van der Waals surface area contributed by atoms with E-state index >= 15 is 0 Å². The smallest absolute Gasteiger partial charge is 0.141 e. The number of para-hydroxylation sites is 1. The molecule has 0 amide bonds. The predicted molar refractivity (Wildman–Crippen MR) is 51.2 cm³/mol. The molecule has 0 aliphatic carbocycles. The summed E-state index contributed by atoms with van der Waals surface area (Å²) in [4.78, 5) is 4.03. The Morgan fingerprint density at radius 1 is 1.50 bits per heavy atom. The van der Waals surface area contributed by atoms with E-state index in [0.717, 1.165) is 5.56 Å². The van der Waals surface area contributed by atoms with E-state index in [1.165, 1.54) is 0 Å². The van der Waals surface area contributed by atoms with Crippen LogP contribution >= 0.6 is 0 Å². The summed E-state index contributed by atoms with van der Waals surface area (Å²) in [6.07, 6.45) is 3.13. The Kier molecular flexibility index (Phi) is 2.64. The first-order valence-corrected chi connectivity index (χ1v) is 3.69. The standard InChI is InChI=1S/C10H11NO/c1-3-7-11-10-8(2)5-4-6-9(10)12/h3-7,12H,1H2,2H3/b11-7-. The minimum absolute atomic E-state index is 0.202. The number of aryl methyl sites for hydroxylation is 1. The first-order chi connectivity index (χ1) is 5.75. The normalized spacial score (nSPS) is 10.4. The Hall–Kier alpha value is -1.57. The average Bonchev–Trinajstić information content (AvgIpc) is 2.04. The van der Waals surface area contributed by atoms with Crippen molar-refractivity contribution < 1.29 is 5.11 Å². The van der Waals surface area contributed by atoms with Crippen molar-refractivity contribution in [3.8, 4) is 5.75 Å². The first kappa shape index (κ1) is 8.53. The second-order valence-electron chi connectivity index (χ2n) is 2.46. The molecule has 1 aromatic rings. The van der Waals surface area contributed by atoms with Gasteiger partial charge in [-0.2, -0.15) is 0 Å². The molecule has 12 heavy (non-hydrogen) atoms. The van der Waals surface area contributed by atoms with Gasteiger partial charge in [0.15, 0.2) is 0 Å². The molecule has 1 N–H and O–H groups in total. The molecule has 0 atom stereocenters. The molecular weight excluding hydrogens is 150 g/mol. The van der Waals surface area contributed by atoms with Gasteiger partial charge in [-0.25, -0.2) is 0 Å². The zero-order valence-corrected chi connectivity index (χ0v) is 6.99. The number of allylic oxidation sites excluding steroid dienone is 1. The minimum Gasteiger partial charge on any atom is -0.506 e. The Bertz CT molecular complexity index is 295. The van der Waals surface area contributed by atoms with Gasteiger partial charge in [-0.3, -0.25) is 4.99 Å². The van der Waals surface area contributed by atoms with Gasteiger partial charge in [0.1, 0.15) is 11.4 Å². The topological polar surface area (TPSA) is 32.6 Å². The van der Waals surface area contributed by atoms with Gasteiger partial charge in [0, 0.05) is 6.21 Å². The summed E-state index contributed by atoms with van der Waals surface area (Å²) >= 11 is 0. The fourth-order valence-electron chi connectivity index (χ4n) is 0.939. The van der Waals surface area contributed by atoms with Crippen molar-refractivity contribution in [3.05, 3.63) is 36.4 Å². The summed E-state index contributed by atoms with van der Waals surface area (Å²) in [5.41, 5.74) is 1.56. The van der Waals surface area contributed by atoms with Crippen LogP contribution in [0.2, 0.25) is 0 Å². The van der Waals surface area contributed by atoms with Crippen LogP contribution in [0.15, 0.2) is 35.8 Å². The fraction of sp³-hybridized carbons (Fsp3) is 0.100. The summed E-state index contributed by atoms with van der Waals surface area (Å²) in [6.45, 7) is 5.40. The number of phenolic OH excluding ortho intramolecular Hbond substituents is 1. The van der Waals surface area contributed by atoms with Gasteiger partial charge in [-0.15, -0.1) is 0 Å². The highest BCUT2D eigenvalue weighted by Gasteiger charge is 1.99. The monoisotopic (exact) mass is 161 g/mol. The number of hydrogen-bond acceptors (Lipinski definition) is 2. The van der Waals surface area contributed by atoms with Gasteiger partial charge < -0.3 is 5.11 Å². The Balaban J connectivity index is 3.12. The lowest BCUT2D eigenvalue weighted by molar-refractivity contribution is 0.476. The Labute approximate surface area is 71.9 Å². The van der Waals surface area contributed by atoms with Crippen molar-refractivity contribution in [2.24, 2.45) is 4.99 Å². The van der Waals surface area contributed by atoms with E-state index in [1.54, 1.807) is 24.4 Å². The summed E-state index contributed by atoms with van der Waals surface area (Å²) < 4.78 is 0. The molecule has 2 nitrogen and oxygen atoms in total. The molecule has 0 bridgehead atoms. The minimum atomic E-state index is 0.202. The SMILES string of the molecule is C=C/C=N\c1c(C)cccc1O. The van der Waals surface area contributed by atoms with Gasteiger partial charge in [-0.1, -0.05) is 24.8 Å². The van der Waals surface area contributed by atoms with Crippen LogP contribution in [0.4, 0.5) is 5.69 Å². The lowest BCUT2D eigenvalue weighted by Gasteiger charge is -2.00. The highest BCUT2D eigenvalue weighted by Crippen LogP contribution is 2.28. The predicted octanol–water partition coefficient (Wildman–Crippen LogP) is 2.59. The van der Waals surface area contributed by atoms with Gasteiger partial charge in [0.25, 0.3) is 0 Å². The second kappa shape index (κ2) is 3.72. The van der Waals surface area contributed by atoms with E-state index in [2.05, 4.69) is 11.6 Å². The molecule has 2 heteroatoms. The lowest BCUT2D eigenvalue weighted by atomic mass is 10.2. The van der Waals surface area contributed by atoms with E-state index in [-0.39, 0.29) is 5.75 Å². The number of aromatic hydroxyl groups is 1. The maximum atomic E-state index is 9.37. The number of hydrogen-bond donors (Lipinski definition) is 1. The average molecular weight is 161 g/mol. The van der Waals surface area contributed by atoms with E-state index in [1.807, 2.05) is 13.0 Å². The molecule has 0 radical (unpaired) electrons. The van der Waals surface area contributed by atoms with E-state index in [0.29, 0.717) is 5.69 Å². The van der Waals surface area contributed by atoms with Crippen molar-refractivity contribution in [3.63, 3.8) is 0 Å². The molecule has 0 unspecified atom stereocenters. The van der Waals surface area contributed by atoms with Crippen LogP contribution in [-0.2, 0) is 0 Å². The summed E-state index contributed by atoms with van der Waals surface area (Å²) in [7, 11) is 0. The van der Waals surface area contributed by atoms with Crippen molar-refractivity contribution >= 4 is 11.9 Å². The van der Waals surface area contributed by atoms with Gasteiger partial charge in [0.05, 0.1) is 0 Å².